The molecule has 0 unspecified atom stereocenters. The van der Waals surface area contributed by atoms with Crippen LogP contribution in [0.5, 0.6) is 0 Å². The van der Waals surface area contributed by atoms with Crippen molar-refractivity contribution in [1.82, 2.24) is 10.4 Å². The fraction of sp³-hybridized carbons (Fsp3) is 0.458. The Morgan fingerprint density at radius 3 is 2.72 bits per heavy atom. The highest BCUT2D eigenvalue weighted by Gasteiger charge is 2.34. The molecule has 4 rings (SSSR count). The molecule has 12 heteroatoms. The Bertz CT molecular complexity index is 1080. The predicted molar refractivity (Wildman–Crippen MR) is 137 cm³/mol. The number of amides is 2. The summed E-state index contributed by atoms with van der Waals surface area (Å²) in [7, 11) is 1.48. The highest BCUT2D eigenvalue weighted by atomic mass is 32.1. The first kappa shape index (κ1) is 26.2. The van der Waals surface area contributed by atoms with Crippen molar-refractivity contribution in [2.24, 2.45) is 0 Å². The van der Waals surface area contributed by atoms with E-state index in [2.05, 4.69) is 5.43 Å². The number of thiophene rings is 1. The number of methoxy groups -OCH3 is 1. The number of hydrazine groups is 1. The minimum absolute atomic E-state index is 0.0603. The Labute approximate surface area is 217 Å². The molecular weight excluding hydrogens is 510 g/mol. The van der Waals surface area contributed by atoms with Crippen LogP contribution in [0.4, 0.5) is 25.0 Å². The minimum Gasteiger partial charge on any atom is -0.490 e. The van der Waals surface area contributed by atoms with E-state index in [9.17, 15) is 9.59 Å². The summed E-state index contributed by atoms with van der Waals surface area (Å²) in [5, 5.41) is 3.90. The van der Waals surface area contributed by atoms with Gasteiger partial charge in [-0.3, -0.25) is 14.7 Å². The maximum Gasteiger partial charge on any atom is 0.414 e. The van der Waals surface area contributed by atoms with Gasteiger partial charge in [-0.25, -0.2) is 19.0 Å². The van der Waals surface area contributed by atoms with Crippen molar-refractivity contribution in [3.8, 4) is 0 Å². The van der Waals surface area contributed by atoms with E-state index in [4.69, 9.17) is 21.7 Å². The number of ether oxygens (including phenoxy) is 2. The number of nitrogens with one attached hydrogen (secondary N) is 1. The summed E-state index contributed by atoms with van der Waals surface area (Å²) in [5.41, 5.74) is 2.97. The van der Waals surface area contributed by atoms with Gasteiger partial charge in [0, 0.05) is 49.5 Å². The van der Waals surface area contributed by atoms with Crippen LogP contribution in [0.3, 0.4) is 0 Å². The van der Waals surface area contributed by atoms with Crippen LogP contribution < -0.4 is 15.2 Å². The van der Waals surface area contributed by atoms with Gasteiger partial charge in [-0.2, -0.15) is 0 Å². The lowest BCUT2D eigenvalue weighted by molar-refractivity contribution is -0.133. The van der Waals surface area contributed by atoms with Gasteiger partial charge in [0.05, 0.1) is 25.9 Å². The number of cyclic esters (lactones) is 1. The van der Waals surface area contributed by atoms with Gasteiger partial charge < -0.3 is 14.4 Å². The number of anilines is 2. The molecule has 2 aromatic rings. The molecule has 0 spiro atoms. The molecule has 2 amide bonds. The van der Waals surface area contributed by atoms with Crippen LogP contribution in [0.15, 0.2) is 29.6 Å². The molecule has 0 bridgehead atoms. The maximum atomic E-state index is 15.1. The van der Waals surface area contributed by atoms with Crippen molar-refractivity contribution >= 4 is 52.0 Å². The Balaban J connectivity index is 1.38. The zero-order chi connectivity index (χ0) is 25.7. The second-order valence-corrected chi connectivity index (χ2v) is 10.00. The molecule has 1 aromatic carbocycles. The summed E-state index contributed by atoms with van der Waals surface area (Å²) in [6, 6.07) is 6.22. The predicted octanol–water partition coefficient (Wildman–Crippen LogP) is 3.89. The third-order valence-electron chi connectivity index (χ3n) is 6.15. The van der Waals surface area contributed by atoms with Crippen LogP contribution in [0.1, 0.15) is 24.1 Å². The maximum absolute atomic E-state index is 15.1. The lowest BCUT2D eigenvalue weighted by atomic mass is 10.2. The molecule has 0 radical (unpaired) electrons. The summed E-state index contributed by atoms with van der Waals surface area (Å²) in [5.74, 6) is -1.62. The van der Waals surface area contributed by atoms with Gasteiger partial charge in [0.1, 0.15) is 11.8 Å². The van der Waals surface area contributed by atoms with Crippen LogP contribution in [-0.4, -0.2) is 68.0 Å². The highest BCUT2D eigenvalue weighted by molar-refractivity contribution is 7.80. The lowest BCUT2D eigenvalue weighted by Gasteiger charge is -2.25. The molecule has 194 valence electrons. The van der Waals surface area contributed by atoms with E-state index < -0.39 is 23.8 Å². The van der Waals surface area contributed by atoms with Crippen LogP contribution in [0.25, 0.3) is 0 Å². The Kier molecular flexibility index (Phi) is 8.70. The summed E-state index contributed by atoms with van der Waals surface area (Å²) >= 11 is 6.61. The third kappa shape index (κ3) is 6.29. The number of hydrogen-bond donors (Lipinski definition) is 1. The van der Waals surface area contributed by atoms with Crippen molar-refractivity contribution in [3.05, 3.63) is 46.2 Å². The number of hydrogen-bond acceptors (Lipinski definition) is 8. The van der Waals surface area contributed by atoms with E-state index >= 15 is 8.78 Å². The molecular formula is C24H28F2N4O4S2. The molecule has 0 aliphatic carbocycles. The van der Waals surface area contributed by atoms with Gasteiger partial charge in [-0.15, -0.1) is 11.3 Å². The SMILES string of the molecule is COC(=S)CC[C@H]1CN(c2cc(F)c(N3CCNN(C(=O)CCc4cccs4)CC3)c(F)c2)C(=O)O1. The van der Waals surface area contributed by atoms with Crippen molar-refractivity contribution in [2.45, 2.75) is 31.8 Å². The average molecular weight is 539 g/mol. The van der Waals surface area contributed by atoms with Crippen molar-refractivity contribution in [1.29, 1.82) is 0 Å². The van der Waals surface area contributed by atoms with E-state index in [0.717, 1.165) is 17.0 Å². The summed E-state index contributed by atoms with van der Waals surface area (Å²) in [6.45, 7) is 1.38. The molecule has 2 aliphatic rings. The van der Waals surface area contributed by atoms with Gasteiger partial charge in [0.15, 0.2) is 16.7 Å². The van der Waals surface area contributed by atoms with Gasteiger partial charge in [-0.1, -0.05) is 6.07 Å². The summed E-state index contributed by atoms with van der Waals surface area (Å²) in [6.07, 6.45) is 0.802. The van der Waals surface area contributed by atoms with Gasteiger partial charge in [-0.05, 0) is 36.5 Å². The number of aryl methyl sites for hydroxylation is 1. The van der Waals surface area contributed by atoms with E-state index in [1.54, 1.807) is 16.2 Å². The molecule has 0 saturated carbocycles. The molecule has 8 nitrogen and oxygen atoms in total. The van der Waals surface area contributed by atoms with E-state index in [1.807, 2.05) is 17.5 Å². The molecule has 2 fully saturated rings. The molecule has 36 heavy (non-hydrogen) atoms. The molecule has 1 atom stereocenters. The largest absolute Gasteiger partial charge is 0.490 e. The number of rotatable bonds is 8. The van der Waals surface area contributed by atoms with E-state index in [0.29, 0.717) is 43.8 Å². The molecule has 2 saturated heterocycles. The highest BCUT2D eigenvalue weighted by Crippen LogP contribution is 2.32. The number of nitrogens with zero attached hydrogens (tertiary/aromatic N) is 3. The first-order chi connectivity index (χ1) is 17.4. The number of carbonyl (C=O) groups is 2. The van der Waals surface area contributed by atoms with Gasteiger partial charge in [0.25, 0.3) is 0 Å². The van der Waals surface area contributed by atoms with Gasteiger partial charge in [0.2, 0.25) is 5.91 Å². The number of carbonyl (C=O) groups excluding carboxylic acids is 2. The Morgan fingerprint density at radius 1 is 1.25 bits per heavy atom. The van der Waals surface area contributed by atoms with Gasteiger partial charge >= 0.3 is 6.09 Å². The standard InChI is InChI=1S/C24H28F2N4O4S2/c1-33-22(35)7-4-17-15-29(24(32)34-17)16-13-19(25)23(20(26)14-16)28-9-8-27-30(11-10-28)21(31)6-5-18-3-2-12-36-18/h2-3,12-14,17,27H,4-11,15H2,1H3/t17-/m0/s1. The molecule has 2 aliphatic heterocycles. The normalized spacial score (nSPS) is 18.2. The molecule has 3 heterocycles. The second-order valence-electron chi connectivity index (χ2n) is 8.51. The van der Waals surface area contributed by atoms with E-state index in [-0.39, 0.29) is 36.9 Å². The zero-order valence-corrected chi connectivity index (χ0v) is 21.5. The number of thiocarbonyl (C=S) groups is 1. The fourth-order valence-electron chi connectivity index (χ4n) is 4.26. The third-order valence-corrected chi connectivity index (χ3v) is 7.45. The monoisotopic (exact) mass is 538 g/mol. The van der Waals surface area contributed by atoms with Crippen LogP contribution in [0.2, 0.25) is 0 Å². The fourth-order valence-corrected chi connectivity index (χ4v) is 5.09. The Hall–Kier alpha value is -2.83. The number of halogens is 2. The first-order valence-corrected chi connectivity index (χ1v) is 13.0. The molecule has 1 aromatic heterocycles. The average Bonchev–Trinajstić information content (AvgIpc) is 3.44. The minimum atomic E-state index is -0.778. The van der Waals surface area contributed by atoms with Crippen molar-refractivity contribution < 1.29 is 27.8 Å². The van der Waals surface area contributed by atoms with Crippen molar-refractivity contribution in [2.75, 3.05) is 49.6 Å². The molecule has 1 N–H and O–H groups in total. The quantitative estimate of drug-likeness (QED) is 0.511. The first-order valence-electron chi connectivity index (χ1n) is 11.7. The smallest absolute Gasteiger partial charge is 0.414 e. The summed E-state index contributed by atoms with van der Waals surface area (Å²) < 4.78 is 40.6. The zero-order valence-electron chi connectivity index (χ0n) is 19.9. The van der Waals surface area contributed by atoms with Crippen LogP contribution in [0, 0.1) is 11.6 Å². The van der Waals surface area contributed by atoms with Crippen LogP contribution >= 0.6 is 23.6 Å². The van der Waals surface area contributed by atoms with Crippen LogP contribution in [-0.2, 0) is 20.7 Å². The lowest BCUT2D eigenvalue weighted by Crippen LogP contribution is -2.43. The van der Waals surface area contributed by atoms with Crippen molar-refractivity contribution in [3.63, 3.8) is 0 Å². The Morgan fingerprint density at radius 2 is 2.03 bits per heavy atom. The summed E-state index contributed by atoms with van der Waals surface area (Å²) in [4.78, 5) is 28.9. The second kappa shape index (κ2) is 11.9. The van der Waals surface area contributed by atoms with E-state index in [1.165, 1.54) is 17.0 Å². The number of benzene rings is 1. The topological polar surface area (TPSA) is 74.4 Å².